The minimum Gasteiger partial charge on any atom is -0.247 e. The van der Waals surface area contributed by atoms with E-state index in [2.05, 4.69) is 33.4 Å². The summed E-state index contributed by atoms with van der Waals surface area (Å²) in [5.41, 5.74) is 2.59. The Bertz CT molecular complexity index is 445. The van der Waals surface area contributed by atoms with Crippen molar-refractivity contribution in [3.63, 3.8) is 0 Å². The second-order valence-corrected chi connectivity index (χ2v) is 8.67. The van der Waals surface area contributed by atoms with Gasteiger partial charge in [-0.25, -0.2) is 4.39 Å². The molecule has 0 nitrogen and oxygen atoms in total. The van der Waals surface area contributed by atoms with Gasteiger partial charge in [-0.15, -0.1) is 0 Å². The van der Waals surface area contributed by atoms with Gasteiger partial charge in [0.25, 0.3) is 0 Å². The van der Waals surface area contributed by atoms with Gasteiger partial charge in [-0.1, -0.05) is 50.0 Å². The maximum atomic E-state index is 14.7. The standard InChI is InChI=1S/C21H33F/c1-13(2)8-9-18-15(4)21-19(18)11-17(12-20(21)22)16-7-5-6-14(3)10-16/h8,14,16-21H,4-7,9-12H2,1-3H3. The summed E-state index contributed by atoms with van der Waals surface area (Å²) in [5, 5.41) is 0. The number of rotatable bonds is 3. The average molecular weight is 304 g/mol. The first kappa shape index (κ1) is 16.3. The van der Waals surface area contributed by atoms with Crippen LogP contribution in [0.25, 0.3) is 0 Å². The first-order chi connectivity index (χ1) is 10.5. The van der Waals surface area contributed by atoms with Gasteiger partial charge < -0.3 is 0 Å². The van der Waals surface area contributed by atoms with Crippen LogP contribution in [0.2, 0.25) is 0 Å². The highest BCUT2D eigenvalue weighted by Gasteiger charge is 2.52. The number of halogens is 1. The van der Waals surface area contributed by atoms with Crippen molar-refractivity contribution >= 4 is 0 Å². The van der Waals surface area contributed by atoms with Gasteiger partial charge in [0, 0.05) is 5.92 Å². The fourth-order valence-corrected chi connectivity index (χ4v) is 5.60. The molecule has 3 fully saturated rings. The van der Waals surface area contributed by atoms with E-state index in [0.29, 0.717) is 17.8 Å². The Hall–Kier alpha value is -0.590. The molecule has 0 amide bonds. The topological polar surface area (TPSA) is 0 Å². The Morgan fingerprint density at radius 3 is 2.64 bits per heavy atom. The molecule has 0 bridgehead atoms. The van der Waals surface area contributed by atoms with Gasteiger partial charge in [-0.3, -0.25) is 0 Å². The van der Waals surface area contributed by atoms with Crippen LogP contribution in [0.4, 0.5) is 4.39 Å². The van der Waals surface area contributed by atoms with Crippen molar-refractivity contribution < 1.29 is 4.39 Å². The molecular formula is C21H33F. The Labute approximate surface area is 136 Å². The fraction of sp³-hybridized carbons (Fsp3) is 0.810. The van der Waals surface area contributed by atoms with E-state index in [0.717, 1.165) is 24.7 Å². The second kappa shape index (κ2) is 6.49. The van der Waals surface area contributed by atoms with Gasteiger partial charge in [-0.05, 0) is 69.1 Å². The second-order valence-electron chi connectivity index (χ2n) is 8.67. The van der Waals surface area contributed by atoms with Gasteiger partial charge in [0.1, 0.15) is 6.17 Å². The number of alkyl halides is 1. The van der Waals surface area contributed by atoms with E-state index < -0.39 is 6.17 Å². The first-order valence-electron chi connectivity index (χ1n) is 9.43. The largest absolute Gasteiger partial charge is 0.247 e. The van der Waals surface area contributed by atoms with E-state index in [1.165, 1.54) is 43.3 Å². The summed E-state index contributed by atoms with van der Waals surface area (Å²) in [6, 6.07) is 0. The molecular weight excluding hydrogens is 271 g/mol. The molecule has 3 aliphatic carbocycles. The average Bonchev–Trinajstić information content (AvgIpc) is 2.45. The number of hydrogen-bond acceptors (Lipinski definition) is 0. The van der Waals surface area contributed by atoms with Crippen molar-refractivity contribution in [1.29, 1.82) is 0 Å². The molecule has 0 N–H and O–H groups in total. The molecule has 7 atom stereocenters. The van der Waals surface area contributed by atoms with Crippen LogP contribution in [-0.4, -0.2) is 6.17 Å². The lowest BCUT2D eigenvalue weighted by Gasteiger charge is -2.55. The molecule has 22 heavy (non-hydrogen) atoms. The maximum Gasteiger partial charge on any atom is 0.107 e. The molecule has 7 unspecified atom stereocenters. The van der Waals surface area contributed by atoms with E-state index in [-0.39, 0.29) is 5.92 Å². The zero-order valence-corrected chi connectivity index (χ0v) is 14.7. The molecule has 0 aromatic carbocycles. The lowest BCUT2D eigenvalue weighted by Crippen LogP contribution is -2.50. The Morgan fingerprint density at radius 2 is 1.95 bits per heavy atom. The number of fused-ring (bicyclic) bond motifs is 1. The van der Waals surface area contributed by atoms with Crippen molar-refractivity contribution in [3.8, 4) is 0 Å². The van der Waals surface area contributed by atoms with E-state index in [4.69, 9.17) is 0 Å². The molecule has 0 heterocycles. The van der Waals surface area contributed by atoms with Crippen molar-refractivity contribution in [2.75, 3.05) is 0 Å². The predicted molar refractivity (Wildman–Crippen MR) is 92.4 cm³/mol. The molecule has 0 aromatic rings. The van der Waals surface area contributed by atoms with Crippen LogP contribution in [0.3, 0.4) is 0 Å². The quantitative estimate of drug-likeness (QED) is 0.534. The van der Waals surface area contributed by atoms with Crippen LogP contribution < -0.4 is 0 Å². The van der Waals surface area contributed by atoms with E-state index in [1.54, 1.807) is 0 Å². The van der Waals surface area contributed by atoms with E-state index >= 15 is 0 Å². The van der Waals surface area contributed by atoms with Crippen LogP contribution in [-0.2, 0) is 0 Å². The molecule has 0 aromatic heterocycles. The third-order valence-corrected chi connectivity index (χ3v) is 6.80. The van der Waals surface area contributed by atoms with Crippen LogP contribution in [0.15, 0.2) is 23.8 Å². The van der Waals surface area contributed by atoms with Crippen LogP contribution >= 0.6 is 0 Å². The minimum absolute atomic E-state index is 0.188. The van der Waals surface area contributed by atoms with Gasteiger partial charge in [0.05, 0.1) is 0 Å². The van der Waals surface area contributed by atoms with Gasteiger partial charge in [-0.2, -0.15) is 0 Å². The zero-order valence-electron chi connectivity index (χ0n) is 14.7. The molecule has 0 radical (unpaired) electrons. The Morgan fingerprint density at radius 1 is 1.18 bits per heavy atom. The van der Waals surface area contributed by atoms with Crippen molar-refractivity contribution in [3.05, 3.63) is 23.8 Å². The molecule has 3 aliphatic rings. The molecule has 0 aliphatic heterocycles. The van der Waals surface area contributed by atoms with Gasteiger partial charge >= 0.3 is 0 Å². The van der Waals surface area contributed by atoms with Gasteiger partial charge in [0.2, 0.25) is 0 Å². The van der Waals surface area contributed by atoms with E-state index in [1.807, 2.05) is 0 Å². The molecule has 0 spiro atoms. The summed E-state index contributed by atoms with van der Waals surface area (Å²) in [5.74, 6) is 3.61. The fourth-order valence-electron chi connectivity index (χ4n) is 5.60. The Kier molecular flexibility index (Phi) is 4.80. The summed E-state index contributed by atoms with van der Waals surface area (Å²) < 4.78 is 14.7. The lowest BCUT2D eigenvalue weighted by atomic mass is 9.51. The smallest absolute Gasteiger partial charge is 0.107 e. The summed E-state index contributed by atoms with van der Waals surface area (Å²) in [7, 11) is 0. The SMILES string of the molecule is C=C1C(CC=C(C)C)C2CC(C3CCCC(C)C3)CC(F)C12. The molecule has 0 saturated heterocycles. The summed E-state index contributed by atoms with van der Waals surface area (Å²) in [4.78, 5) is 0. The normalized spacial score (nSPS) is 44.9. The van der Waals surface area contributed by atoms with Crippen molar-refractivity contribution in [2.45, 2.75) is 71.9 Å². The lowest BCUT2D eigenvalue weighted by molar-refractivity contribution is -0.0168. The highest BCUT2D eigenvalue weighted by Crippen LogP contribution is 2.58. The highest BCUT2D eigenvalue weighted by atomic mass is 19.1. The number of allylic oxidation sites excluding steroid dienone is 3. The number of hydrogen-bond donors (Lipinski definition) is 0. The highest BCUT2D eigenvalue weighted by molar-refractivity contribution is 5.25. The van der Waals surface area contributed by atoms with Crippen LogP contribution in [0.5, 0.6) is 0 Å². The van der Waals surface area contributed by atoms with Crippen LogP contribution in [0.1, 0.15) is 65.7 Å². The van der Waals surface area contributed by atoms with E-state index in [9.17, 15) is 4.39 Å². The third kappa shape index (κ3) is 3.05. The van der Waals surface area contributed by atoms with Crippen molar-refractivity contribution in [1.82, 2.24) is 0 Å². The van der Waals surface area contributed by atoms with Crippen LogP contribution in [0, 0.1) is 35.5 Å². The summed E-state index contributed by atoms with van der Waals surface area (Å²) in [6.07, 6.45) is 10.3. The molecule has 1 heteroatoms. The first-order valence-corrected chi connectivity index (χ1v) is 9.43. The minimum atomic E-state index is -0.614. The molecule has 124 valence electrons. The maximum absolute atomic E-state index is 14.7. The summed E-state index contributed by atoms with van der Waals surface area (Å²) in [6.45, 7) is 10.9. The summed E-state index contributed by atoms with van der Waals surface area (Å²) >= 11 is 0. The third-order valence-electron chi connectivity index (χ3n) is 6.80. The molecule has 3 rings (SSSR count). The zero-order chi connectivity index (χ0) is 15.9. The molecule has 3 saturated carbocycles. The van der Waals surface area contributed by atoms with Crippen molar-refractivity contribution in [2.24, 2.45) is 35.5 Å². The predicted octanol–water partition coefficient (Wildman–Crippen LogP) is 6.34. The van der Waals surface area contributed by atoms with Gasteiger partial charge in [0.15, 0.2) is 0 Å². The Balaban J connectivity index is 1.66. The monoisotopic (exact) mass is 304 g/mol.